The molecule has 2 aromatic heterocycles. The number of carbonyl (C=O) groups is 1. The van der Waals surface area contributed by atoms with Crippen molar-refractivity contribution < 1.29 is 22.0 Å². The van der Waals surface area contributed by atoms with E-state index in [0.29, 0.717) is 17.6 Å². The molecule has 10 heteroatoms. The molecule has 0 aliphatic heterocycles. The van der Waals surface area contributed by atoms with Gasteiger partial charge in [0.25, 0.3) is 0 Å². The number of nitrogens with one attached hydrogen (secondary N) is 1. The van der Waals surface area contributed by atoms with E-state index in [1.807, 2.05) is 4.72 Å². The average molecular weight is 394 g/mol. The summed E-state index contributed by atoms with van der Waals surface area (Å²) < 4.78 is 55.9. The van der Waals surface area contributed by atoms with E-state index in [9.17, 15) is 22.0 Å². The van der Waals surface area contributed by atoms with Crippen LogP contribution >= 0.6 is 0 Å². The fraction of sp³-hybridized carbons (Fsp3) is 0.235. The molecule has 1 aromatic carbocycles. The van der Waals surface area contributed by atoms with Crippen molar-refractivity contribution in [2.45, 2.75) is 19.8 Å². The van der Waals surface area contributed by atoms with Crippen LogP contribution < -0.4 is 4.72 Å². The number of ketones is 1. The lowest BCUT2D eigenvalue weighted by Gasteiger charge is -2.11. The molecular weight excluding hydrogens is 378 g/mol. The van der Waals surface area contributed by atoms with Gasteiger partial charge in [0, 0.05) is 24.9 Å². The Morgan fingerprint density at radius 3 is 2.78 bits per heavy atom. The molecule has 0 aliphatic carbocycles. The molecule has 0 atom stereocenters. The molecule has 0 unspecified atom stereocenters. The van der Waals surface area contributed by atoms with Crippen molar-refractivity contribution in [3.8, 4) is 0 Å². The summed E-state index contributed by atoms with van der Waals surface area (Å²) in [5, 5.41) is 3.98. The van der Waals surface area contributed by atoms with E-state index in [-0.39, 0.29) is 12.2 Å². The zero-order chi connectivity index (χ0) is 19.6. The quantitative estimate of drug-likeness (QED) is 0.622. The lowest BCUT2D eigenvalue weighted by atomic mass is 10.0. The third kappa shape index (κ3) is 4.11. The standard InChI is InChI=1S/C17H16F2N4O3S/c1-2-7-27(25,26)22-13-4-3-12(18)16(17(13)19)14(24)8-11-9-20-15-5-6-21-23(15)10-11/h3-6,9-10,22H,2,7-8H2,1H3. The minimum Gasteiger partial charge on any atom is -0.294 e. The van der Waals surface area contributed by atoms with Crippen LogP contribution in [0, 0.1) is 11.6 Å². The number of anilines is 1. The molecule has 0 amide bonds. The van der Waals surface area contributed by atoms with Gasteiger partial charge in [-0.05, 0) is 24.1 Å². The van der Waals surface area contributed by atoms with Gasteiger partial charge in [-0.3, -0.25) is 9.52 Å². The van der Waals surface area contributed by atoms with Gasteiger partial charge >= 0.3 is 0 Å². The Balaban J connectivity index is 1.90. The van der Waals surface area contributed by atoms with Crippen molar-refractivity contribution in [3.63, 3.8) is 0 Å². The number of Topliss-reactive ketones (excluding diaryl/α,β-unsaturated/α-hetero) is 1. The zero-order valence-corrected chi connectivity index (χ0v) is 15.1. The van der Waals surface area contributed by atoms with Gasteiger partial charge in [0.05, 0.1) is 23.2 Å². The monoisotopic (exact) mass is 394 g/mol. The van der Waals surface area contributed by atoms with E-state index >= 15 is 0 Å². The number of hydrogen-bond donors (Lipinski definition) is 1. The summed E-state index contributed by atoms with van der Waals surface area (Å²) in [7, 11) is -3.78. The maximum atomic E-state index is 14.6. The number of aromatic nitrogens is 3. The Kier molecular flexibility index (Phi) is 5.17. The predicted molar refractivity (Wildman–Crippen MR) is 95.1 cm³/mol. The molecule has 0 saturated heterocycles. The van der Waals surface area contributed by atoms with Crippen molar-refractivity contribution in [3.05, 3.63) is 59.6 Å². The number of rotatable bonds is 7. The Bertz CT molecular complexity index is 1110. The predicted octanol–water partition coefficient (Wildman–Crippen LogP) is 2.58. The van der Waals surface area contributed by atoms with Crippen LogP contribution in [0.25, 0.3) is 5.65 Å². The van der Waals surface area contributed by atoms with Gasteiger partial charge in [-0.25, -0.2) is 26.7 Å². The van der Waals surface area contributed by atoms with Crippen LogP contribution in [0.3, 0.4) is 0 Å². The number of nitrogens with zero attached hydrogens (tertiary/aromatic N) is 3. The summed E-state index contributed by atoms with van der Waals surface area (Å²) in [5.41, 5.74) is -0.288. The summed E-state index contributed by atoms with van der Waals surface area (Å²) in [5.74, 6) is -3.37. The highest BCUT2D eigenvalue weighted by Crippen LogP contribution is 2.24. The van der Waals surface area contributed by atoms with Crippen LogP contribution in [0.1, 0.15) is 29.3 Å². The number of benzene rings is 1. The van der Waals surface area contributed by atoms with Crippen LogP contribution in [0.15, 0.2) is 36.8 Å². The van der Waals surface area contributed by atoms with Gasteiger partial charge < -0.3 is 0 Å². The van der Waals surface area contributed by atoms with Crippen molar-refractivity contribution in [2.24, 2.45) is 0 Å². The molecule has 1 N–H and O–H groups in total. The number of fused-ring (bicyclic) bond motifs is 1. The summed E-state index contributed by atoms with van der Waals surface area (Å²) >= 11 is 0. The molecule has 0 aliphatic rings. The fourth-order valence-electron chi connectivity index (χ4n) is 2.59. The first-order valence-corrected chi connectivity index (χ1v) is 9.76. The smallest absolute Gasteiger partial charge is 0.232 e. The molecule has 7 nitrogen and oxygen atoms in total. The van der Waals surface area contributed by atoms with E-state index < -0.39 is 38.7 Å². The molecule has 142 valence electrons. The number of sulfonamides is 1. The van der Waals surface area contributed by atoms with E-state index in [2.05, 4.69) is 10.1 Å². The lowest BCUT2D eigenvalue weighted by molar-refractivity contribution is 0.0984. The van der Waals surface area contributed by atoms with Gasteiger partial charge in [0.1, 0.15) is 5.82 Å². The highest BCUT2D eigenvalue weighted by Gasteiger charge is 2.23. The van der Waals surface area contributed by atoms with Crippen LogP contribution in [0.2, 0.25) is 0 Å². The maximum absolute atomic E-state index is 14.6. The van der Waals surface area contributed by atoms with Gasteiger partial charge in [0.2, 0.25) is 10.0 Å². The molecule has 0 saturated carbocycles. The van der Waals surface area contributed by atoms with E-state index in [1.165, 1.54) is 23.1 Å². The Labute approximate surface area is 154 Å². The third-order valence-corrected chi connectivity index (χ3v) is 5.25. The maximum Gasteiger partial charge on any atom is 0.232 e. The molecule has 0 bridgehead atoms. The van der Waals surface area contributed by atoms with Crippen LogP contribution in [-0.2, 0) is 16.4 Å². The molecule has 0 radical (unpaired) electrons. The van der Waals surface area contributed by atoms with E-state index in [4.69, 9.17) is 0 Å². The number of carbonyl (C=O) groups excluding carboxylic acids is 1. The largest absolute Gasteiger partial charge is 0.294 e. The van der Waals surface area contributed by atoms with E-state index in [1.54, 1.807) is 13.0 Å². The first kappa shape index (κ1) is 18.9. The van der Waals surface area contributed by atoms with Crippen LogP contribution in [0.4, 0.5) is 14.5 Å². The van der Waals surface area contributed by atoms with Gasteiger partial charge in [-0.1, -0.05) is 6.92 Å². The van der Waals surface area contributed by atoms with Crippen molar-refractivity contribution in [2.75, 3.05) is 10.5 Å². The molecular formula is C17H16F2N4O3S. The second-order valence-corrected chi connectivity index (χ2v) is 7.74. The highest BCUT2D eigenvalue weighted by molar-refractivity contribution is 7.92. The van der Waals surface area contributed by atoms with Crippen LogP contribution in [0.5, 0.6) is 0 Å². The summed E-state index contributed by atoms with van der Waals surface area (Å²) in [6.07, 6.45) is 4.48. The Morgan fingerprint density at radius 2 is 2.04 bits per heavy atom. The summed E-state index contributed by atoms with van der Waals surface area (Å²) in [6.45, 7) is 1.65. The average Bonchev–Trinajstić information content (AvgIpc) is 3.05. The molecule has 3 aromatic rings. The van der Waals surface area contributed by atoms with E-state index in [0.717, 1.165) is 12.1 Å². The Morgan fingerprint density at radius 1 is 1.26 bits per heavy atom. The van der Waals surface area contributed by atoms with Crippen molar-refractivity contribution >= 4 is 27.1 Å². The SMILES string of the molecule is CCCS(=O)(=O)Nc1ccc(F)c(C(=O)Cc2cnc3ccnn3c2)c1F. The zero-order valence-electron chi connectivity index (χ0n) is 14.3. The van der Waals surface area contributed by atoms with Crippen molar-refractivity contribution in [1.29, 1.82) is 0 Å². The molecule has 2 heterocycles. The minimum absolute atomic E-state index is 0.220. The summed E-state index contributed by atoms with van der Waals surface area (Å²) in [4.78, 5) is 16.5. The molecule has 0 spiro atoms. The van der Waals surface area contributed by atoms with Crippen molar-refractivity contribution in [1.82, 2.24) is 14.6 Å². The first-order chi connectivity index (χ1) is 12.8. The fourth-order valence-corrected chi connectivity index (χ4v) is 3.72. The second kappa shape index (κ2) is 7.39. The molecule has 27 heavy (non-hydrogen) atoms. The van der Waals surface area contributed by atoms with Gasteiger partial charge in [-0.2, -0.15) is 5.10 Å². The van der Waals surface area contributed by atoms with Gasteiger partial charge in [-0.15, -0.1) is 0 Å². The summed E-state index contributed by atoms with van der Waals surface area (Å²) in [6, 6.07) is 3.47. The normalized spacial score (nSPS) is 11.7. The second-order valence-electron chi connectivity index (χ2n) is 5.90. The van der Waals surface area contributed by atoms with Crippen LogP contribution in [-0.4, -0.2) is 34.6 Å². The lowest BCUT2D eigenvalue weighted by Crippen LogP contribution is -2.19. The highest BCUT2D eigenvalue weighted by atomic mass is 32.2. The Hall–Kier alpha value is -2.88. The molecule has 3 rings (SSSR count). The topological polar surface area (TPSA) is 93.4 Å². The minimum atomic E-state index is -3.78. The number of halogens is 2. The molecule has 0 fully saturated rings. The van der Waals surface area contributed by atoms with Gasteiger partial charge in [0.15, 0.2) is 17.2 Å². The first-order valence-electron chi connectivity index (χ1n) is 8.10. The number of hydrogen-bond acceptors (Lipinski definition) is 5. The third-order valence-electron chi connectivity index (χ3n) is 3.77.